The predicted molar refractivity (Wildman–Crippen MR) is 75.6 cm³/mol. The molecule has 98 valence electrons. The Balaban J connectivity index is 1.85. The van der Waals surface area contributed by atoms with E-state index in [4.69, 9.17) is 5.73 Å². The lowest BCUT2D eigenvalue weighted by atomic mass is 10.2. The Bertz CT molecular complexity index is 438. The number of nitrogen functional groups attached to an aromatic ring is 1. The number of halogens is 1. The third-order valence-electron chi connectivity index (χ3n) is 3.90. The third kappa shape index (κ3) is 2.19. The second kappa shape index (κ2) is 5.01. The van der Waals surface area contributed by atoms with Crippen LogP contribution in [0.2, 0.25) is 0 Å². The van der Waals surface area contributed by atoms with Crippen molar-refractivity contribution in [1.82, 2.24) is 14.9 Å². The van der Waals surface area contributed by atoms with Crippen LogP contribution < -0.4 is 10.6 Å². The van der Waals surface area contributed by atoms with Gasteiger partial charge in [-0.25, -0.2) is 9.97 Å². The SMILES string of the molecule is Nc1ncnc(N2CCCN3CCCC3C2)c1Br. The van der Waals surface area contributed by atoms with Crippen molar-refractivity contribution in [2.45, 2.75) is 25.3 Å². The second-order valence-electron chi connectivity index (χ2n) is 5.03. The molecule has 0 amide bonds. The molecule has 0 saturated carbocycles. The summed E-state index contributed by atoms with van der Waals surface area (Å²) in [5, 5.41) is 0. The van der Waals surface area contributed by atoms with Crippen molar-refractivity contribution in [3.8, 4) is 0 Å². The highest BCUT2D eigenvalue weighted by Crippen LogP contribution is 2.30. The molecule has 1 unspecified atom stereocenters. The van der Waals surface area contributed by atoms with E-state index in [9.17, 15) is 0 Å². The third-order valence-corrected chi connectivity index (χ3v) is 4.66. The van der Waals surface area contributed by atoms with Crippen molar-refractivity contribution in [2.24, 2.45) is 0 Å². The maximum atomic E-state index is 5.84. The van der Waals surface area contributed by atoms with Crippen LogP contribution in [0.5, 0.6) is 0 Å². The molecule has 3 heterocycles. The molecule has 1 atom stereocenters. The average Bonchev–Trinajstić information content (AvgIpc) is 2.70. The maximum absolute atomic E-state index is 5.84. The van der Waals surface area contributed by atoms with Crippen LogP contribution in [0.15, 0.2) is 10.8 Å². The Morgan fingerprint density at radius 3 is 2.94 bits per heavy atom. The van der Waals surface area contributed by atoms with E-state index in [-0.39, 0.29) is 0 Å². The summed E-state index contributed by atoms with van der Waals surface area (Å²) in [6.45, 7) is 4.56. The number of rotatable bonds is 1. The number of aromatic nitrogens is 2. The minimum Gasteiger partial charge on any atom is -0.383 e. The molecule has 1 aromatic rings. The van der Waals surface area contributed by atoms with Crippen molar-refractivity contribution in [2.75, 3.05) is 36.8 Å². The second-order valence-corrected chi connectivity index (χ2v) is 5.82. The van der Waals surface area contributed by atoms with Crippen LogP contribution in [0.3, 0.4) is 0 Å². The number of fused-ring (bicyclic) bond motifs is 1. The van der Waals surface area contributed by atoms with E-state index < -0.39 is 0 Å². The Morgan fingerprint density at radius 1 is 1.22 bits per heavy atom. The number of nitrogens with two attached hydrogens (primary N) is 1. The first-order valence-corrected chi connectivity index (χ1v) is 7.30. The quantitative estimate of drug-likeness (QED) is 0.851. The molecular weight excluding hydrogens is 294 g/mol. The zero-order valence-electron chi connectivity index (χ0n) is 10.3. The first-order valence-electron chi connectivity index (χ1n) is 6.50. The van der Waals surface area contributed by atoms with Crippen LogP contribution in [0.25, 0.3) is 0 Å². The predicted octanol–water partition coefficient (Wildman–Crippen LogP) is 1.50. The lowest BCUT2D eigenvalue weighted by Crippen LogP contribution is -2.37. The molecule has 0 aromatic carbocycles. The molecule has 3 rings (SSSR count). The van der Waals surface area contributed by atoms with Crippen LogP contribution in [-0.2, 0) is 0 Å². The molecule has 18 heavy (non-hydrogen) atoms. The van der Waals surface area contributed by atoms with Crippen molar-refractivity contribution in [3.63, 3.8) is 0 Å². The highest BCUT2D eigenvalue weighted by molar-refractivity contribution is 9.10. The van der Waals surface area contributed by atoms with Gasteiger partial charge in [-0.15, -0.1) is 0 Å². The van der Waals surface area contributed by atoms with Gasteiger partial charge < -0.3 is 10.6 Å². The standard InChI is InChI=1S/C12H18BrN5/c13-10-11(14)15-8-16-12(10)18-6-2-5-17-4-1-3-9(17)7-18/h8-9H,1-7H2,(H2,14,15,16). The summed E-state index contributed by atoms with van der Waals surface area (Å²) in [6.07, 6.45) is 5.36. The zero-order chi connectivity index (χ0) is 12.5. The molecule has 2 aliphatic heterocycles. The fraction of sp³-hybridized carbons (Fsp3) is 0.667. The summed E-state index contributed by atoms with van der Waals surface area (Å²) in [7, 11) is 0. The molecule has 0 radical (unpaired) electrons. The smallest absolute Gasteiger partial charge is 0.148 e. The summed E-state index contributed by atoms with van der Waals surface area (Å²) in [6, 6.07) is 0.676. The number of hydrogen-bond donors (Lipinski definition) is 1. The first kappa shape index (κ1) is 12.2. The molecule has 1 aromatic heterocycles. The summed E-state index contributed by atoms with van der Waals surface area (Å²) in [5.74, 6) is 1.46. The highest BCUT2D eigenvalue weighted by Gasteiger charge is 2.29. The van der Waals surface area contributed by atoms with Gasteiger partial charge in [-0.2, -0.15) is 0 Å². The van der Waals surface area contributed by atoms with Gasteiger partial charge in [0.2, 0.25) is 0 Å². The number of anilines is 2. The summed E-state index contributed by atoms with van der Waals surface area (Å²) < 4.78 is 0.830. The highest BCUT2D eigenvalue weighted by atomic mass is 79.9. The zero-order valence-corrected chi connectivity index (χ0v) is 11.9. The van der Waals surface area contributed by atoms with Crippen molar-refractivity contribution >= 4 is 27.6 Å². The van der Waals surface area contributed by atoms with Crippen molar-refractivity contribution in [3.05, 3.63) is 10.8 Å². The molecular formula is C12H18BrN5. The lowest BCUT2D eigenvalue weighted by Gasteiger charge is -2.27. The topological polar surface area (TPSA) is 58.3 Å². The van der Waals surface area contributed by atoms with Crippen LogP contribution in [0, 0.1) is 0 Å². The van der Waals surface area contributed by atoms with Gasteiger partial charge >= 0.3 is 0 Å². The molecule has 2 saturated heterocycles. The van der Waals surface area contributed by atoms with E-state index in [1.807, 2.05) is 0 Å². The fourth-order valence-electron chi connectivity index (χ4n) is 2.99. The summed E-state index contributed by atoms with van der Waals surface area (Å²) >= 11 is 3.51. The molecule has 2 fully saturated rings. The van der Waals surface area contributed by atoms with E-state index in [1.165, 1.54) is 32.4 Å². The molecule has 0 bridgehead atoms. The molecule has 6 heteroatoms. The number of nitrogens with zero attached hydrogens (tertiary/aromatic N) is 4. The van der Waals surface area contributed by atoms with Gasteiger partial charge in [-0.1, -0.05) is 0 Å². The molecule has 2 aliphatic rings. The average molecular weight is 312 g/mol. The first-order chi connectivity index (χ1) is 8.75. The summed E-state index contributed by atoms with van der Waals surface area (Å²) in [5.41, 5.74) is 5.84. The lowest BCUT2D eigenvalue weighted by molar-refractivity contribution is 0.273. The van der Waals surface area contributed by atoms with Crippen LogP contribution in [0.4, 0.5) is 11.6 Å². The van der Waals surface area contributed by atoms with E-state index in [0.717, 1.165) is 23.4 Å². The van der Waals surface area contributed by atoms with Gasteiger partial charge in [-0.3, -0.25) is 4.90 Å². The van der Waals surface area contributed by atoms with Gasteiger partial charge in [0.15, 0.2) is 0 Å². The number of hydrogen-bond acceptors (Lipinski definition) is 5. The molecule has 2 N–H and O–H groups in total. The minimum absolute atomic E-state index is 0.521. The van der Waals surface area contributed by atoms with Gasteiger partial charge in [-0.05, 0) is 41.7 Å². The monoisotopic (exact) mass is 311 g/mol. The minimum atomic E-state index is 0.521. The van der Waals surface area contributed by atoms with Crippen LogP contribution in [0.1, 0.15) is 19.3 Å². The van der Waals surface area contributed by atoms with Crippen LogP contribution in [-0.4, -0.2) is 47.1 Å². The van der Waals surface area contributed by atoms with Gasteiger partial charge in [0, 0.05) is 25.7 Å². The Morgan fingerprint density at radius 2 is 2.06 bits per heavy atom. The van der Waals surface area contributed by atoms with Crippen molar-refractivity contribution in [1.29, 1.82) is 0 Å². The van der Waals surface area contributed by atoms with Crippen molar-refractivity contribution < 1.29 is 0 Å². The van der Waals surface area contributed by atoms with Gasteiger partial charge in [0.25, 0.3) is 0 Å². The Labute approximate surface area is 116 Å². The Hall–Kier alpha value is -0.880. The van der Waals surface area contributed by atoms with E-state index in [0.29, 0.717) is 11.9 Å². The van der Waals surface area contributed by atoms with E-state index in [2.05, 4.69) is 35.7 Å². The molecule has 0 aliphatic carbocycles. The van der Waals surface area contributed by atoms with Gasteiger partial charge in [0.05, 0.1) is 0 Å². The van der Waals surface area contributed by atoms with Crippen LogP contribution >= 0.6 is 15.9 Å². The maximum Gasteiger partial charge on any atom is 0.148 e. The largest absolute Gasteiger partial charge is 0.383 e. The Kier molecular flexibility index (Phi) is 3.39. The molecule has 0 spiro atoms. The van der Waals surface area contributed by atoms with E-state index in [1.54, 1.807) is 6.33 Å². The fourth-order valence-corrected chi connectivity index (χ4v) is 3.45. The normalized spacial score (nSPS) is 24.9. The van der Waals surface area contributed by atoms with Gasteiger partial charge in [0.1, 0.15) is 22.4 Å². The molecule has 5 nitrogen and oxygen atoms in total. The summed E-state index contributed by atoms with van der Waals surface area (Å²) in [4.78, 5) is 13.3. The van der Waals surface area contributed by atoms with E-state index >= 15 is 0 Å².